The standard InChI is InChI=1S/C30H26N6O2S/c1-17(37)27-4-5-28(39-27)30-23-14-26(34-24(23)8-11-33-30)29-22-13-18(2-3-25(22)35-36-29)19-12-21(16-32-15-19)38-20-6-9-31-10-7-20/h2-5,8,11-16,20,31,34H,6-7,9-10H2,1H3,(H,35,36). The number of fused-ring (bicyclic) bond motifs is 2. The van der Waals surface area contributed by atoms with Gasteiger partial charge in [-0.2, -0.15) is 5.10 Å². The number of carbonyl (C=O) groups is 1. The maximum atomic E-state index is 11.8. The van der Waals surface area contributed by atoms with Gasteiger partial charge >= 0.3 is 0 Å². The number of piperidine rings is 1. The summed E-state index contributed by atoms with van der Waals surface area (Å²) in [5.41, 5.74) is 6.54. The van der Waals surface area contributed by atoms with E-state index in [2.05, 4.69) is 54.7 Å². The maximum Gasteiger partial charge on any atom is 0.169 e. The number of ether oxygens (including phenoxy) is 1. The number of rotatable bonds is 6. The molecule has 0 atom stereocenters. The third kappa shape index (κ3) is 4.49. The normalized spacial score (nSPS) is 14.3. The lowest BCUT2D eigenvalue weighted by molar-refractivity contribution is 0.102. The zero-order chi connectivity index (χ0) is 26.3. The second kappa shape index (κ2) is 9.76. The average Bonchev–Trinajstić information content (AvgIpc) is 3.71. The first-order valence-electron chi connectivity index (χ1n) is 13.0. The number of thiophene rings is 1. The third-order valence-electron chi connectivity index (χ3n) is 7.19. The molecule has 3 N–H and O–H groups in total. The van der Waals surface area contributed by atoms with Crippen LogP contribution in [0.4, 0.5) is 0 Å². The number of carbonyl (C=O) groups excluding carboxylic acids is 1. The quantitative estimate of drug-likeness (QED) is 0.219. The Kier molecular flexibility index (Phi) is 5.94. The molecule has 7 rings (SSSR count). The fourth-order valence-corrected chi connectivity index (χ4v) is 6.09. The molecular formula is C30H26N6O2S. The van der Waals surface area contributed by atoms with Crippen molar-refractivity contribution in [2.45, 2.75) is 25.9 Å². The number of H-pyrrole nitrogens is 2. The highest BCUT2D eigenvalue weighted by molar-refractivity contribution is 7.17. The van der Waals surface area contributed by atoms with Gasteiger partial charge in [0, 0.05) is 34.2 Å². The Bertz CT molecular complexity index is 1830. The lowest BCUT2D eigenvalue weighted by atomic mass is 10.0. The monoisotopic (exact) mass is 534 g/mol. The average molecular weight is 535 g/mol. The largest absolute Gasteiger partial charge is 0.489 e. The molecule has 5 aromatic heterocycles. The molecule has 0 saturated carbocycles. The van der Waals surface area contributed by atoms with E-state index >= 15 is 0 Å². The second-order valence-electron chi connectivity index (χ2n) is 9.83. The van der Waals surface area contributed by atoms with Gasteiger partial charge in [0.2, 0.25) is 0 Å². The number of nitrogens with one attached hydrogen (secondary N) is 3. The molecular weight excluding hydrogens is 508 g/mol. The van der Waals surface area contributed by atoms with Crippen molar-refractivity contribution >= 4 is 38.9 Å². The van der Waals surface area contributed by atoms with Crippen molar-refractivity contribution < 1.29 is 9.53 Å². The van der Waals surface area contributed by atoms with Gasteiger partial charge in [-0.05, 0) is 80.9 Å². The van der Waals surface area contributed by atoms with Crippen molar-refractivity contribution in [1.29, 1.82) is 0 Å². The van der Waals surface area contributed by atoms with Crippen LogP contribution in [0.2, 0.25) is 0 Å². The Labute approximate surface area is 228 Å². The van der Waals surface area contributed by atoms with Crippen LogP contribution in [-0.2, 0) is 0 Å². The zero-order valence-electron chi connectivity index (χ0n) is 21.3. The van der Waals surface area contributed by atoms with Gasteiger partial charge in [0.25, 0.3) is 0 Å². The van der Waals surface area contributed by atoms with E-state index in [4.69, 9.17) is 4.74 Å². The topological polar surface area (TPSA) is 109 Å². The van der Waals surface area contributed by atoms with Crippen molar-refractivity contribution in [1.82, 2.24) is 30.5 Å². The molecule has 1 aliphatic rings. The minimum atomic E-state index is 0.0607. The fourth-order valence-electron chi connectivity index (χ4n) is 5.18. The van der Waals surface area contributed by atoms with Gasteiger partial charge in [-0.15, -0.1) is 11.3 Å². The Balaban J connectivity index is 1.25. The van der Waals surface area contributed by atoms with E-state index in [1.54, 1.807) is 19.3 Å². The summed E-state index contributed by atoms with van der Waals surface area (Å²) in [5, 5.41) is 13.2. The fraction of sp³-hybridized carbons (Fsp3) is 0.200. The van der Waals surface area contributed by atoms with Crippen LogP contribution >= 0.6 is 11.3 Å². The van der Waals surface area contributed by atoms with Crippen LogP contribution in [0.3, 0.4) is 0 Å². The van der Waals surface area contributed by atoms with Crippen molar-refractivity contribution in [3.05, 3.63) is 72.0 Å². The molecule has 9 heteroatoms. The highest BCUT2D eigenvalue weighted by atomic mass is 32.1. The smallest absolute Gasteiger partial charge is 0.169 e. The summed E-state index contributed by atoms with van der Waals surface area (Å²) in [6, 6.07) is 16.2. The molecule has 194 valence electrons. The van der Waals surface area contributed by atoms with Crippen LogP contribution < -0.4 is 10.1 Å². The number of nitrogens with zero attached hydrogens (tertiary/aromatic N) is 3. The van der Waals surface area contributed by atoms with E-state index in [-0.39, 0.29) is 11.9 Å². The van der Waals surface area contributed by atoms with E-state index < -0.39 is 0 Å². The molecule has 6 aromatic rings. The van der Waals surface area contributed by atoms with Crippen LogP contribution in [0.5, 0.6) is 5.75 Å². The van der Waals surface area contributed by atoms with E-state index in [1.165, 1.54) is 11.3 Å². The van der Waals surface area contributed by atoms with Gasteiger partial charge in [0.15, 0.2) is 5.78 Å². The molecule has 0 amide bonds. The van der Waals surface area contributed by atoms with Gasteiger partial charge in [-0.3, -0.25) is 19.9 Å². The molecule has 0 spiro atoms. The number of hydrogen-bond donors (Lipinski definition) is 3. The highest BCUT2D eigenvalue weighted by Gasteiger charge is 2.18. The highest BCUT2D eigenvalue weighted by Crippen LogP contribution is 2.36. The Morgan fingerprint density at radius 1 is 0.949 bits per heavy atom. The van der Waals surface area contributed by atoms with Gasteiger partial charge < -0.3 is 15.0 Å². The molecule has 1 saturated heterocycles. The third-order valence-corrected chi connectivity index (χ3v) is 8.38. The number of hydrogen-bond acceptors (Lipinski definition) is 7. The molecule has 1 fully saturated rings. The number of aromatic amines is 2. The molecule has 0 bridgehead atoms. The predicted octanol–water partition coefficient (Wildman–Crippen LogP) is 6.23. The molecule has 8 nitrogen and oxygen atoms in total. The van der Waals surface area contributed by atoms with E-state index in [1.807, 2.05) is 30.5 Å². The van der Waals surface area contributed by atoms with Crippen molar-refractivity contribution in [3.8, 4) is 38.8 Å². The first-order chi connectivity index (χ1) is 19.1. The maximum absolute atomic E-state index is 11.8. The Hall–Kier alpha value is -4.34. The molecule has 1 aliphatic heterocycles. The van der Waals surface area contributed by atoms with Crippen molar-refractivity contribution in [3.63, 3.8) is 0 Å². The summed E-state index contributed by atoms with van der Waals surface area (Å²) in [4.78, 5) is 26.1. The summed E-state index contributed by atoms with van der Waals surface area (Å²) in [6.07, 6.45) is 7.67. The van der Waals surface area contributed by atoms with Gasteiger partial charge in [-0.1, -0.05) is 6.07 Å². The van der Waals surface area contributed by atoms with E-state index in [9.17, 15) is 4.79 Å². The molecule has 0 aliphatic carbocycles. The lowest BCUT2D eigenvalue weighted by Gasteiger charge is -2.23. The minimum Gasteiger partial charge on any atom is -0.489 e. The summed E-state index contributed by atoms with van der Waals surface area (Å²) >= 11 is 1.46. The summed E-state index contributed by atoms with van der Waals surface area (Å²) in [7, 11) is 0. The van der Waals surface area contributed by atoms with Crippen molar-refractivity contribution in [2.75, 3.05) is 13.1 Å². The molecule has 39 heavy (non-hydrogen) atoms. The predicted molar refractivity (Wildman–Crippen MR) is 154 cm³/mol. The number of ketones is 1. The first kappa shape index (κ1) is 23.8. The van der Waals surface area contributed by atoms with Gasteiger partial charge in [0.1, 0.15) is 17.5 Å². The van der Waals surface area contributed by atoms with Crippen LogP contribution in [0.1, 0.15) is 29.4 Å². The molecule has 1 aromatic carbocycles. The van der Waals surface area contributed by atoms with Crippen LogP contribution in [0, 0.1) is 0 Å². The molecule has 0 radical (unpaired) electrons. The summed E-state index contributed by atoms with van der Waals surface area (Å²) in [6.45, 7) is 3.55. The first-order valence-corrected chi connectivity index (χ1v) is 13.8. The van der Waals surface area contributed by atoms with E-state index in [0.717, 1.165) is 91.4 Å². The van der Waals surface area contributed by atoms with Crippen LogP contribution in [-0.4, -0.2) is 50.1 Å². The molecule has 0 unspecified atom stereocenters. The van der Waals surface area contributed by atoms with Crippen LogP contribution in [0.25, 0.3) is 54.9 Å². The van der Waals surface area contributed by atoms with E-state index in [0.29, 0.717) is 0 Å². The lowest BCUT2D eigenvalue weighted by Crippen LogP contribution is -2.34. The SMILES string of the molecule is CC(=O)c1ccc(-c2nccc3[nH]c(-c4n[nH]c5ccc(-c6cncc(OC7CCNCC7)c6)cc45)cc23)s1. The second-order valence-corrected chi connectivity index (χ2v) is 10.9. The van der Waals surface area contributed by atoms with Gasteiger partial charge in [-0.25, -0.2) is 0 Å². The summed E-state index contributed by atoms with van der Waals surface area (Å²) < 4.78 is 6.23. The number of aromatic nitrogens is 5. The van der Waals surface area contributed by atoms with Crippen molar-refractivity contribution in [2.24, 2.45) is 0 Å². The Morgan fingerprint density at radius 2 is 1.82 bits per heavy atom. The van der Waals surface area contributed by atoms with Gasteiger partial charge in [0.05, 0.1) is 32.9 Å². The minimum absolute atomic E-state index is 0.0607. The zero-order valence-corrected chi connectivity index (χ0v) is 22.1. The number of benzene rings is 1. The number of Topliss-reactive ketones (excluding diaryl/α,β-unsaturated/α-hetero) is 1. The number of pyridine rings is 2. The molecule has 6 heterocycles. The summed E-state index contributed by atoms with van der Waals surface area (Å²) in [5.74, 6) is 0.856. The Morgan fingerprint density at radius 3 is 2.67 bits per heavy atom. The van der Waals surface area contributed by atoms with Crippen LogP contribution in [0.15, 0.2) is 67.1 Å².